The van der Waals surface area contributed by atoms with Crippen molar-refractivity contribution in [1.82, 2.24) is 21.3 Å². The highest BCUT2D eigenvalue weighted by molar-refractivity contribution is 5.84. The van der Waals surface area contributed by atoms with Crippen molar-refractivity contribution in [2.45, 2.75) is 38.4 Å². The number of aliphatic imine (C=N–C) groups is 3. The molecule has 0 fully saturated rings. The van der Waals surface area contributed by atoms with Crippen molar-refractivity contribution in [2.24, 2.45) is 15.0 Å². The minimum absolute atomic E-state index is 0.251. The van der Waals surface area contributed by atoms with E-state index in [0.29, 0.717) is 0 Å². The summed E-state index contributed by atoms with van der Waals surface area (Å²) >= 11 is 0. The molecule has 42 heavy (non-hydrogen) atoms. The van der Waals surface area contributed by atoms with E-state index < -0.39 is 0 Å². The summed E-state index contributed by atoms with van der Waals surface area (Å²) in [5.74, 6) is 0. The van der Waals surface area contributed by atoms with Crippen LogP contribution in [0, 0.1) is 0 Å². The number of rotatable bonds is 7. The van der Waals surface area contributed by atoms with E-state index in [2.05, 4.69) is 110 Å². The van der Waals surface area contributed by atoms with Gasteiger partial charge in [0.05, 0.1) is 19.1 Å². The molecule has 0 spiro atoms. The molecule has 4 N–H and O–H groups in total. The molecule has 1 atom stereocenters. The Morgan fingerprint density at radius 3 is 2.00 bits per heavy atom. The predicted molar refractivity (Wildman–Crippen MR) is 179 cm³/mol. The van der Waals surface area contributed by atoms with Crippen LogP contribution in [0.5, 0.6) is 0 Å². The molecule has 4 aliphatic rings. The molecule has 0 aliphatic carbocycles. The molecule has 7 rings (SSSR count). The fourth-order valence-electron chi connectivity index (χ4n) is 4.70. The molecule has 0 aromatic heterocycles. The lowest BCUT2D eigenvalue weighted by Crippen LogP contribution is -2.32. The maximum absolute atomic E-state index is 4.99. The maximum Gasteiger partial charge on any atom is 0.0624 e. The number of benzene rings is 3. The van der Waals surface area contributed by atoms with Gasteiger partial charge in [0, 0.05) is 64.5 Å². The van der Waals surface area contributed by atoms with Gasteiger partial charge < -0.3 is 21.3 Å². The Morgan fingerprint density at radius 1 is 0.643 bits per heavy atom. The van der Waals surface area contributed by atoms with Gasteiger partial charge in [-0.05, 0) is 47.2 Å². The normalized spacial score (nSPS) is 17.5. The average Bonchev–Trinajstić information content (AvgIpc) is 3.03. The summed E-state index contributed by atoms with van der Waals surface area (Å²) in [6, 6.07) is 27.9. The molecule has 0 radical (unpaired) electrons. The average molecular weight is 566 g/mol. The van der Waals surface area contributed by atoms with Crippen molar-refractivity contribution >= 4 is 18.6 Å². The maximum atomic E-state index is 4.99. The molecule has 0 saturated carbocycles. The van der Waals surface area contributed by atoms with Crippen LogP contribution in [0.15, 0.2) is 93.8 Å². The molecule has 7 nitrogen and oxygen atoms in total. The smallest absolute Gasteiger partial charge is 0.0624 e. The van der Waals surface area contributed by atoms with Gasteiger partial charge in [0.15, 0.2) is 0 Å². The topological polar surface area (TPSA) is 85.2 Å². The van der Waals surface area contributed by atoms with Crippen molar-refractivity contribution in [3.05, 3.63) is 107 Å². The second-order valence-corrected chi connectivity index (χ2v) is 10.7. The molecule has 4 aliphatic heterocycles. The van der Waals surface area contributed by atoms with Crippen LogP contribution in [-0.4, -0.2) is 77.0 Å². The van der Waals surface area contributed by atoms with Crippen LogP contribution >= 0.6 is 0 Å². The molecule has 0 amide bonds. The highest BCUT2D eigenvalue weighted by atomic mass is 15.0. The molecule has 3 aromatic rings. The van der Waals surface area contributed by atoms with Crippen LogP contribution in [0.3, 0.4) is 0 Å². The minimum Gasteiger partial charge on any atom is -0.313 e. The summed E-state index contributed by atoms with van der Waals surface area (Å²) in [5.41, 5.74) is 5.98. The second-order valence-electron chi connectivity index (χ2n) is 10.7. The van der Waals surface area contributed by atoms with E-state index in [1.165, 1.54) is 11.1 Å². The number of nitrogens with zero attached hydrogens (tertiary/aromatic N) is 3. The quantitative estimate of drug-likeness (QED) is 0.323. The van der Waals surface area contributed by atoms with Crippen LogP contribution in [0.1, 0.15) is 47.1 Å². The van der Waals surface area contributed by atoms with Crippen molar-refractivity contribution in [3.63, 3.8) is 0 Å². The molecule has 3 aromatic carbocycles. The van der Waals surface area contributed by atoms with Crippen LogP contribution in [0.25, 0.3) is 0 Å². The summed E-state index contributed by atoms with van der Waals surface area (Å²) in [5, 5.41) is 14.2. The molecule has 1 unspecified atom stereocenters. The fourth-order valence-corrected chi connectivity index (χ4v) is 4.70. The van der Waals surface area contributed by atoms with Gasteiger partial charge >= 0.3 is 0 Å². The van der Waals surface area contributed by atoms with Gasteiger partial charge in [0.2, 0.25) is 0 Å². The zero-order valence-corrected chi connectivity index (χ0v) is 24.8. The fraction of sp³-hybridized carbons (Fsp3) is 0.400. The number of hydrogen-bond acceptors (Lipinski definition) is 7. The lowest BCUT2D eigenvalue weighted by atomic mass is 10.1. The Balaban J connectivity index is 1.28. The molecular formula is C35H47N7. The summed E-state index contributed by atoms with van der Waals surface area (Å²) in [7, 11) is 0. The van der Waals surface area contributed by atoms with E-state index >= 15 is 0 Å². The Labute approximate surface area is 252 Å². The zero-order chi connectivity index (χ0) is 28.9. The third-order valence-corrected chi connectivity index (χ3v) is 7.17. The monoisotopic (exact) mass is 565 g/mol. The zero-order valence-electron chi connectivity index (χ0n) is 24.8. The van der Waals surface area contributed by atoms with Crippen LogP contribution < -0.4 is 21.3 Å². The van der Waals surface area contributed by atoms with E-state index in [4.69, 9.17) is 4.99 Å². The third-order valence-electron chi connectivity index (χ3n) is 7.17. The summed E-state index contributed by atoms with van der Waals surface area (Å²) < 4.78 is 0. The second kappa shape index (κ2) is 19.6. The van der Waals surface area contributed by atoms with Crippen LogP contribution in [0.4, 0.5) is 0 Å². The van der Waals surface area contributed by atoms with Crippen molar-refractivity contribution < 1.29 is 0 Å². The van der Waals surface area contributed by atoms with Crippen LogP contribution in [0.2, 0.25) is 0 Å². The standard InChI is InChI=1S/C35H47N7/c1-2-6-30(7-3-1)24-37-17-5-4-8-35-29-41-23-22-40-27-32-11-9-31(10-12-32)25-38-20-18-36-19-21-39-26-33-13-15-34(16-14-33)28-42-35/h1-3,6-7,9-16,25-26,28,35-37,40-41H,4-5,8,17-24,27,29H2. The summed E-state index contributed by atoms with van der Waals surface area (Å²) in [6.45, 7) is 8.72. The van der Waals surface area contributed by atoms with Gasteiger partial charge in [-0.15, -0.1) is 0 Å². The predicted octanol–water partition coefficient (Wildman–Crippen LogP) is 4.25. The first kappa shape index (κ1) is 31.4. The van der Waals surface area contributed by atoms with Gasteiger partial charge in [-0.2, -0.15) is 0 Å². The minimum atomic E-state index is 0.251. The number of nitrogens with one attached hydrogen (secondary N) is 4. The number of hydrogen-bond donors (Lipinski definition) is 4. The molecule has 222 valence electrons. The SMILES string of the molecule is C1=NCCNCCN=Cc2ccc(cc2)CNCCNCC(CCCCNCc2ccccc2)N=Cc2ccc1cc2. The van der Waals surface area contributed by atoms with Gasteiger partial charge in [-0.25, -0.2) is 0 Å². The first-order valence-electron chi connectivity index (χ1n) is 15.4. The highest BCUT2D eigenvalue weighted by Crippen LogP contribution is 2.07. The first-order chi connectivity index (χ1) is 20.8. The van der Waals surface area contributed by atoms with Crippen LogP contribution in [-0.2, 0) is 13.1 Å². The third kappa shape index (κ3) is 13.0. The molecule has 4 heterocycles. The molecular weight excluding hydrogens is 518 g/mol. The van der Waals surface area contributed by atoms with Crippen molar-refractivity contribution in [1.29, 1.82) is 0 Å². The van der Waals surface area contributed by atoms with E-state index in [0.717, 1.165) is 101 Å². The lowest BCUT2D eigenvalue weighted by Gasteiger charge is -2.14. The Morgan fingerprint density at radius 2 is 1.29 bits per heavy atom. The molecule has 4 bridgehead atoms. The molecule has 7 heteroatoms. The first-order valence-corrected chi connectivity index (χ1v) is 15.4. The van der Waals surface area contributed by atoms with E-state index in [9.17, 15) is 0 Å². The van der Waals surface area contributed by atoms with E-state index in [1.807, 2.05) is 18.6 Å². The van der Waals surface area contributed by atoms with Gasteiger partial charge in [0.1, 0.15) is 0 Å². The Bertz CT molecular complexity index is 1200. The van der Waals surface area contributed by atoms with Gasteiger partial charge in [0.25, 0.3) is 0 Å². The summed E-state index contributed by atoms with van der Waals surface area (Å²) in [4.78, 5) is 14.1. The lowest BCUT2D eigenvalue weighted by molar-refractivity contribution is 0.504. The van der Waals surface area contributed by atoms with Crippen molar-refractivity contribution in [3.8, 4) is 0 Å². The largest absolute Gasteiger partial charge is 0.313 e. The Hall–Kier alpha value is -3.49. The van der Waals surface area contributed by atoms with E-state index in [-0.39, 0.29) is 6.04 Å². The van der Waals surface area contributed by atoms with E-state index in [1.54, 1.807) is 0 Å². The highest BCUT2D eigenvalue weighted by Gasteiger charge is 2.06. The van der Waals surface area contributed by atoms with Gasteiger partial charge in [-0.1, -0.05) is 85.3 Å². The summed E-state index contributed by atoms with van der Waals surface area (Å²) in [6.07, 6.45) is 9.29. The molecule has 0 saturated heterocycles. The van der Waals surface area contributed by atoms with Gasteiger partial charge in [-0.3, -0.25) is 15.0 Å². The Kier molecular flexibility index (Phi) is 14.7. The number of unbranched alkanes of at least 4 members (excludes halogenated alkanes) is 1. The van der Waals surface area contributed by atoms with Crippen molar-refractivity contribution in [2.75, 3.05) is 52.4 Å².